The number of benzene rings is 3. The minimum absolute atomic E-state index is 0.0775. The average molecular weight is 1140 g/mol. The average Bonchev–Trinajstić information content (AvgIpc) is 2.06. The van der Waals surface area contributed by atoms with Gasteiger partial charge in [0, 0.05) is 73.6 Å². The second-order valence-corrected chi connectivity index (χ2v) is 21.4. The van der Waals surface area contributed by atoms with Crippen LogP contribution in [0.25, 0.3) is 79.2 Å². The molecule has 0 amide bonds. The first-order valence-corrected chi connectivity index (χ1v) is 28.3. The molecule has 0 fully saturated rings. The summed E-state index contributed by atoms with van der Waals surface area (Å²) in [6, 6.07) is 77.4. The quantitative estimate of drug-likeness (QED) is 0.122. The van der Waals surface area contributed by atoms with Crippen molar-refractivity contribution in [3.05, 3.63) is 373 Å². The van der Waals surface area contributed by atoms with Crippen LogP contribution in [0, 0.1) is 0 Å². The van der Waals surface area contributed by atoms with E-state index in [1.165, 1.54) is 0 Å². The number of hydrogen-bond donors (Lipinski definition) is 0. The van der Waals surface area contributed by atoms with Gasteiger partial charge in [0.25, 0.3) is 11.1 Å². The SMILES string of the molecule is O=c1oc2cccccc-2c1C(c1cc(C(c2c3cccccc-3oc2=O)c2c3cccccc-3oc2=O)cc(C(c2c3cccccc-3n(-c3ccccc3)c2=O)c2c3cccccc-3n(-c3ccccc3)c2=O)c1)c1c2cccccc-2oc1=O. The minimum Gasteiger partial charge on any atom is -0.422 e. The van der Waals surface area contributed by atoms with Crippen molar-refractivity contribution >= 4 is 0 Å². The number of furan rings is 4. The number of rotatable bonds is 11. The van der Waals surface area contributed by atoms with E-state index in [1.807, 2.05) is 133 Å². The van der Waals surface area contributed by atoms with Crippen LogP contribution in [-0.2, 0) is 0 Å². The van der Waals surface area contributed by atoms with Crippen molar-refractivity contribution in [2.24, 2.45) is 0 Å². The molecule has 0 aromatic heterocycles. The minimum atomic E-state index is -1.35. The molecule has 3 aromatic carbocycles. The Morgan fingerprint density at radius 3 is 0.759 bits per heavy atom. The second kappa shape index (κ2) is 21.1. The van der Waals surface area contributed by atoms with E-state index in [-0.39, 0.29) is 67.5 Å². The molecule has 6 aliphatic carbocycles. The first-order valence-electron chi connectivity index (χ1n) is 28.3. The maximum Gasteiger partial charge on any atom is 0.341 e. The molecule has 12 aliphatic rings. The van der Waals surface area contributed by atoms with E-state index < -0.39 is 51.4 Å². The van der Waals surface area contributed by atoms with E-state index in [2.05, 4.69) is 0 Å². The Balaban J connectivity index is 1.16. The van der Waals surface area contributed by atoms with Crippen LogP contribution in [0.2, 0.25) is 0 Å². The normalized spacial score (nSPS) is 11.8. The summed E-state index contributed by atoms with van der Waals surface area (Å²) in [6.45, 7) is 0. The van der Waals surface area contributed by atoms with Gasteiger partial charge in [-0.2, -0.15) is 0 Å². The van der Waals surface area contributed by atoms with Gasteiger partial charge < -0.3 is 17.7 Å². The Kier molecular flexibility index (Phi) is 12.7. The molecule has 3 aromatic rings. The van der Waals surface area contributed by atoms with Crippen LogP contribution in [0.4, 0.5) is 0 Å². The van der Waals surface area contributed by atoms with E-state index in [0.717, 1.165) is 0 Å². The van der Waals surface area contributed by atoms with Gasteiger partial charge in [0.15, 0.2) is 0 Å². The van der Waals surface area contributed by atoms with Crippen molar-refractivity contribution in [3.63, 3.8) is 0 Å². The molecule has 0 spiro atoms. The maximum atomic E-state index is 16.5. The molecule has 6 aliphatic heterocycles. The lowest BCUT2D eigenvalue weighted by Gasteiger charge is -2.25. The maximum absolute atomic E-state index is 16.5. The molecule has 87 heavy (non-hydrogen) atoms. The fourth-order valence-corrected chi connectivity index (χ4v) is 13.0. The van der Waals surface area contributed by atoms with Gasteiger partial charge in [-0.15, -0.1) is 0 Å². The first-order chi connectivity index (χ1) is 42.7. The molecular formula is C75H46N2O10. The van der Waals surface area contributed by atoms with Crippen LogP contribution >= 0.6 is 0 Å². The summed E-state index contributed by atoms with van der Waals surface area (Å²) in [5.41, 5.74) is 2.50. The van der Waals surface area contributed by atoms with Crippen LogP contribution in [-0.4, -0.2) is 9.13 Å². The van der Waals surface area contributed by atoms with Crippen LogP contribution in [0.5, 0.6) is 0 Å². The Bertz CT molecular complexity index is 4800. The predicted molar refractivity (Wildman–Crippen MR) is 333 cm³/mol. The highest BCUT2D eigenvalue weighted by molar-refractivity contribution is 5.79. The van der Waals surface area contributed by atoms with Gasteiger partial charge in [-0.3, -0.25) is 18.7 Å². The highest BCUT2D eigenvalue weighted by Gasteiger charge is 2.41. The summed E-state index contributed by atoms with van der Waals surface area (Å²) in [6.07, 6.45) is 0. The van der Waals surface area contributed by atoms with Crippen LogP contribution in [0.1, 0.15) is 67.8 Å². The van der Waals surface area contributed by atoms with E-state index in [1.54, 1.807) is 137 Å². The van der Waals surface area contributed by atoms with Gasteiger partial charge in [-0.25, -0.2) is 19.2 Å². The molecule has 0 saturated heterocycles. The Morgan fingerprint density at radius 2 is 0.471 bits per heavy atom. The first kappa shape index (κ1) is 52.1. The zero-order chi connectivity index (χ0) is 58.9. The summed E-state index contributed by atoms with van der Waals surface area (Å²) in [5, 5.41) is 0. The molecular weight excluding hydrogens is 1090 g/mol. The summed E-state index contributed by atoms with van der Waals surface area (Å²) in [7, 11) is 0. The van der Waals surface area contributed by atoms with Gasteiger partial charge in [0.1, 0.15) is 23.0 Å². The third kappa shape index (κ3) is 8.60. The van der Waals surface area contributed by atoms with Gasteiger partial charge >= 0.3 is 22.5 Å². The molecule has 15 rings (SSSR count). The number of fused-ring (bicyclic) bond motifs is 6. The molecule has 0 radical (unpaired) electrons. The molecule has 0 atom stereocenters. The summed E-state index contributed by atoms with van der Waals surface area (Å²) in [5.74, 6) is -3.07. The van der Waals surface area contributed by atoms with Crippen molar-refractivity contribution in [3.8, 4) is 79.2 Å². The standard InChI is InChI=1S/C75H46N2O10/c78-70-64(49-29-13-3-19-35-55(49)76(70)47-25-9-1-10-26-47)61(65-50-30-14-4-20-36-56(50)77(71(65)79)48-27-11-2-12-28-48)44-41-45(62(66-51-31-15-5-21-37-57(51)84-72(66)80)67-52-32-16-6-22-38-58(52)85-73(67)81)43-46(42-44)63(68-53-33-17-7-23-39-59(53)86-74(68)82)69-54-34-18-8-24-40-60(54)87-75(69)83/h1-43,61-63H. The number of aromatic nitrogens is 2. The number of nitrogens with zero attached hydrogens (tertiary/aromatic N) is 2. The van der Waals surface area contributed by atoms with Crippen molar-refractivity contribution in [1.82, 2.24) is 9.13 Å². The lowest BCUT2D eigenvalue weighted by Crippen LogP contribution is -2.25. The van der Waals surface area contributed by atoms with E-state index >= 15 is 28.8 Å². The third-order valence-electron chi connectivity index (χ3n) is 16.6. The van der Waals surface area contributed by atoms with E-state index in [9.17, 15) is 0 Å². The van der Waals surface area contributed by atoms with Crippen LogP contribution < -0.4 is 33.6 Å². The summed E-state index contributed by atoms with van der Waals surface area (Å²) < 4.78 is 27.8. The lowest BCUT2D eigenvalue weighted by molar-refractivity contribution is 0.533. The van der Waals surface area contributed by atoms with Gasteiger partial charge in [0.05, 0.1) is 33.6 Å². The monoisotopic (exact) mass is 1130 g/mol. The third-order valence-corrected chi connectivity index (χ3v) is 16.6. The number of hydrogen-bond acceptors (Lipinski definition) is 10. The molecule has 0 unspecified atom stereocenters. The highest BCUT2D eigenvalue weighted by atomic mass is 16.4. The van der Waals surface area contributed by atoms with Crippen molar-refractivity contribution < 1.29 is 17.7 Å². The zero-order valence-corrected chi connectivity index (χ0v) is 46.0. The predicted octanol–water partition coefficient (Wildman–Crippen LogP) is 14.0. The smallest absolute Gasteiger partial charge is 0.341 e. The van der Waals surface area contributed by atoms with Crippen molar-refractivity contribution in [1.29, 1.82) is 0 Å². The summed E-state index contributed by atoms with van der Waals surface area (Å²) >= 11 is 0. The highest BCUT2D eigenvalue weighted by Crippen LogP contribution is 2.49. The largest absolute Gasteiger partial charge is 0.422 e. The van der Waals surface area contributed by atoms with E-state index in [0.29, 0.717) is 61.7 Å². The fourth-order valence-electron chi connectivity index (χ4n) is 13.0. The van der Waals surface area contributed by atoms with Gasteiger partial charge in [-0.05, 0) is 77.4 Å². The fraction of sp³-hybridized carbons (Fsp3) is 0.0400. The summed E-state index contributed by atoms with van der Waals surface area (Å²) in [4.78, 5) is 93.6. The zero-order valence-electron chi connectivity index (χ0n) is 46.0. The molecule has 0 bridgehead atoms. The van der Waals surface area contributed by atoms with Gasteiger partial charge in [-0.1, -0.05) is 200 Å². The molecule has 416 valence electrons. The van der Waals surface area contributed by atoms with Crippen molar-refractivity contribution in [2.75, 3.05) is 0 Å². The Hall–Kier alpha value is -11.8. The molecule has 12 nitrogen and oxygen atoms in total. The topological polar surface area (TPSA) is 165 Å². The van der Waals surface area contributed by atoms with E-state index in [4.69, 9.17) is 17.7 Å². The molecule has 12 heteroatoms. The van der Waals surface area contributed by atoms with Gasteiger partial charge in [0.2, 0.25) is 0 Å². The molecule has 0 N–H and O–H groups in total. The van der Waals surface area contributed by atoms with Crippen LogP contribution in [0.15, 0.2) is 307 Å². The van der Waals surface area contributed by atoms with Crippen molar-refractivity contribution in [2.45, 2.75) is 17.8 Å². The molecule has 0 saturated carbocycles. The second-order valence-electron chi connectivity index (χ2n) is 21.4. The van der Waals surface area contributed by atoms with Crippen LogP contribution in [0.3, 0.4) is 0 Å². The Morgan fingerprint density at radius 1 is 0.241 bits per heavy atom. The lowest BCUT2D eigenvalue weighted by atomic mass is 9.75. The molecule has 6 heterocycles. The number of para-hydroxylation sites is 2. The Labute approximate surface area is 494 Å².